The second-order valence-electron chi connectivity index (χ2n) is 9.29. The molecule has 5 aliphatic rings. The maximum Gasteiger partial charge on any atom is 0.308 e. The van der Waals surface area contributed by atoms with E-state index < -0.39 is 23.1 Å². The lowest BCUT2D eigenvalue weighted by Gasteiger charge is -2.62. The summed E-state index contributed by atoms with van der Waals surface area (Å²) in [5, 5.41) is 12.1. The number of hydrogen-bond donors (Lipinski definition) is 1. The number of benzene rings is 1. The lowest BCUT2D eigenvalue weighted by molar-refractivity contribution is -0.188. The first-order chi connectivity index (χ1) is 13.4. The largest absolute Gasteiger partial charge is 0.477 e. The van der Waals surface area contributed by atoms with Gasteiger partial charge in [-0.2, -0.15) is 0 Å². The number of ketones is 1. The van der Waals surface area contributed by atoms with Crippen LogP contribution >= 0.6 is 0 Å². The summed E-state index contributed by atoms with van der Waals surface area (Å²) in [5.74, 6) is 1.25. The van der Waals surface area contributed by atoms with Crippen molar-refractivity contribution in [3.05, 3.63) is 23.3 Å². The van der Waals surface area contributed by atoms with Gasteiger partial charge in [-0.1, -0.05) is 6.07 Å². The van der Waals surface area contributed by atoms with Gasteiger partial charge in [0, 0.05) is 31.5 Å². The number of Topliss-reactive ketones (excluding diaryl/α,β-unsaturated/α-hetero) is 1. The molecule has 6 heteroatoms. The van der Waals surface area contributed by atoms with Crippen molar-refractivity contribution in [1.29, 1.82) is 0 Å². The molecule has 3 unspecified atom stereocenters. The number of nitrogens with zero attached hydrogens (tertiary/aromatic N) is 1. The van der Waals surface area contributed by atoms with Gasteiger partial charge in [0.15, 0.2) is 23.4 Å². The van der Waals surface area contributed by atoms with Crippen LogP contribution in [0.25, 0.3) is 0 Å². The Kier molecular flexibility index (Phi) is 3.25. The fourth-order valence-electron chi connectivity index (χ4n) is 6.49. The molecule has 4 atom stereocenters. The molecule has 148 valence electrons. The molecule has 2 aliphatic heterocycles. The molecule has 0 radical (unpaired) electrons. The molecule has 1 N–H and O–H groups in total. The SMILES string of the molecule is CC(=O)Oc1ccc2c3c1OC1C(=O)CC[C@@]4(O)C(C2)N(CC2CC2)CCC314. The minimum absolute atomic E-state index is 0.0130. The van der Waals surface area contributed by atoms with Crippen molar-refractivity contribution < 1.29 is 24.2 Å². The summed E-state index contributed by atoms with van der Waals surface area (Å²) in [6.45, 7) is 3.27. The predicted octanol–water partition coefficient (Wildman–Crippen LogP) is 1.75. The average Bonchev–Trinajstić information content (AvgIpc) is 3.38. The van der Waals surface area contributed by atoms with Crippen LogP contribution in [0.2, 0.25) is 0 Å². The molecule has 3 fully saturated rings. The minimum Gasteiger partial charge on any atom is -0.477 e. The Morgan fingerprint density at radius 2 is 2.18 bits per heavy atom. The van der Waals surface area contributed by atoms with Gasteiger partial charge in [-0.05, 0) is 56.2 Å². The first-order valence-corrected chi connectivity index (χ1v) is 10.4. The Hall–Kier alpha value is -1.92. The van der Waals surface area contributed by atoms with Gasteiger partial charge >= 0.3 is 5.97 Å². The molecule has 2 bridgehead atoms. The fourth-order valence-corrected chi connectivity index (χ4v) is 6.49. The van der Waals surface area contributed by atoms with E-state index in [2.05, 4.69) is 4.90 Å². The number of carbonyl (C=O) groups excluding carboxylic acids is 2. The van der Waals surface area contributed by atoms with Crippen LogP contribution in [0.15, 0.2) is 12.1 Å². The lowest BCUT2D eigenvalue weighted by Crippen LogP contribution is -2.76. The molecule has 0 aromatic heterocycles. The zero-order valence-corrected chi connectivity index (χ0v) is 16.1. The lowest BCUT2D eigenvalue weighted by atomic mass is 9.49. The summed E-state index contributed by atoms with van der Waals surface area (Å²) in [6.07, 6.45) is 4.15. The van der Waals surface area contributed by atoms with Gasteiger partial charge in [0.1, 0.15) is 0 Å². The maximum absolute atomic E-state index is 12.9. The molecular formula is C22H25NO5. The third kappa shape index (κ3) is 1.95. The van der Waals surface area contributed by atoms with Gasteiger partial charge in [0.2, 0.25) is 0 Å². The van der Waals surface area contributed by atoms with Gasteiger partial charge in [-0.3, -0.25) is 14.5 Å². The smallest absolute Gasteiger partial charge is 0.308 e. The number of hydrogen-bond acceptors (Lipinski definition) is 6. The number of piperidine rings is 1. The van der Waals surface area contributed by atoms with Crippen molar-refractivity contribution in [3.63, 3.8) is 0 Å². The van der Waals surface area contributed by atoms with Crippen molar-refractivity contribution in [1.82, 2.24) is 4.90 Å². The van der Waals surface area contributed by atoms with E-state index >= 15 is 0 Å². The Labute approximate surface area is 163 Å². The maximum atomic E-state index is 12.9. The first-order valence-electron chi connectivity index (χ1n) is 10.4. The van der Waals surface area contributed by atoms with E-state index in [1.54, 1.807) is 6.07 Å². The van der Waals surface area contributed by atoms with Crippen LogP contribution in [-0.2, 0) is 21.4 Å². The monoisotopic (exact) mass is 383 g/mol. The summed E-state index contributed by atoms with van der Waals surface area (Å²) in [5.41, 5.74) is 0.352. The van der Waals surface area contributed by atoms with E-state index in [1.807, 2.05) is 6.07 Å². The molecular weight excluding hydrogens is 358 g/mol. The molecule has 1 aromatic carbocycles. The van der Waals surface area contributed by atoms with E-state index in [9.17, 15) is 14.7 Å². The van der Waals surface area contributed by atoms with Crippen molar-refractivity contribution >= 4 is 11.8 Å². The molecule has 2 heterocycles. The predicted molar refractivity (Wildman–Crippen MR) is 99.4 cm³/mol. The highest BCUT2D eigenvalue weighted by molar-refractivity contribution is 5.90. The number of ether oxygens (including phenoxy) is 2. The second-order valence-corrected chi connectivity index (χ2v) is 9.29. The molecule has 2 saturated carbocycles. The highest BCUT2D eigenvalue weighted by atomic mass is 16.6. The van der Waals surface area contributed by atoms with Crippen LogP contribution in [0.3, 0.4) is 0 Å². The Balaban J connectivity index is 1.54. The molecule has 28 heavy (non-hydrogen) atoms. The molecule has 1 saturated heterocycles. The Bertz CT molecular complexity index is 908. The zero-order valence-electron chi connectivity index (χ0n) is 16.1. The number of carbonyl (C=O) groups is 2. The van der Waals surface area contributed by atoms with E-state index in [4.69, 9.17) is 9.47 Å². The fraction of sp³-hybridized carbons (Fsp3) is 0.636. The van der Waals surface area contributed by atoms with E-state index in [0.717, 1.165) is 36.6 Å². The molecule has 1 aromatic rings. The van der Waals surface area contributed by atoms with E-state index in [0.29, 0.717) is 30.8 Å². The van der Waals surface area contributed by atoms with Crippen LogP contribution in [0.1, 0.15) is 50.2 Å². The van der Waals surface area contributed by atoms with Crippen molar-refractivity contribution in [2.45, 2.75) is 68.6 Å². The minimum atomic E-state index is -0.980. The van der Waals surface area contributed by atoms with Crippen LogP contribution < -0.4 is 9.47 Å². The Morgan fingerprint density at radius 1 is 1.36 bits per heavy atom. The number of rotatable bonds is 3. The van der Waals surface area contributed by atoms with Crippen molar-refractivity contribution in [2.24, 2.45) is 5.92 Å². The third-order valence-corrected chi connectivity index (χ3v) is 7.80. The highest BCUT2D eigenvalue weighted by Crippen LogP contribution is 2.65. The Morgan fingerprint density at radius 3 is 2.93 bits per heavy atom. The summed E-state index contributed by atoms with van der Waals surface area (Å²) < 4.78 is 11.6. The van der Waals surface area contributed by atoms with Gasteiger partial charge in [0.25, 0.3) is 0 Å². The molecule has 6 rings (SSSR count). The topological polar surface area (TPSA) is 76.1 Å². The van der Waals surface area contributed by atoms with Crippen LogP contribution in [0.4, 0.5) is 0 Å². The van der Waals surface area contributed by atoms with Crippen LogP contribution in [0, 0.1) is 5.92 Å². The molecule has 1 spiro atoms. The highest BCUT2D eigenvalue weighted by Gasteiger charge is 2.73. The van der Waals surface area contributed by atoms with Crippen LogP contribution in [-0.4, -0.2) is 52.6 Å². The summed E-state index contributed by atoms with van der Waals surface area (Å²) in [6, 6.07) is 3.79. The summed E-state index contributed by atoms with van der Waals surface area (Å²) in [7, 11) is 0. The summed E-state index contributed by atoms with van der Waals surface area (Å²) in [4.78, 5) is 27.0. The number of aliphatic hydroxyl groups is 1. The standard InChI is InChI=1S/C22H25NO5/c1-12(24)27-16-5-4-14-10-17-22(26)7-6-15(25)20-21(22,18(14)19(16)28-20)8-9-23(17)11-13-2-3-13/h4-5,13,17,20,26H,2-3,6-11H2,1H3/t17?,20?,21?,22-/m1/s1. The van der Waals surface area contributed by atoms with E-state index in [1.165, 1.54) is 19.8 Å². The van der Waals surface area contributed by atoms with Gasteiger partial charge in [0.05, 0.1) is 11.0 Å². The average molecular weight is 383 g/mol. The molecule has 0 amide bonds. The van der Waals surface area contributed by atoms with Crippen molar-refractivity contribution in [2.75, 3.05) is 13.1 Å². The van der Waals surface area contributed by atoms with E-state index in [-0.39, 0.29) is 11.8 Å². The van der Waals surface area contributed by atoms with Gasteiger partial charge in [-0.25, -0.2) is 0 Å². The number of likely N-dealkylation sites (tertiary alicyclic amines) is 1. The number of esters is 1. The van der Waals surface area contributed by atoms with Gasteiger partial charge in [-0.15, -0.1) is 0 Å². The quantitative estimate of drug-likeness (QED) is 0.633. The summed E-state index contributed by atoms with van der Waals surface area (Å²) >= 11 is 0. The first kappa shape index (κ1) is 17.0. The molecule has 3 aliphatic carbocycles. The zero-order chi connectivity index (χ0) is 19.3. The van der Waals surface area contributed by atoms with Crippen LogP contribution in [0.5, 0.6) is 11.5 Å². The second kappa shape index (κ2) is 5.36. The van der Waals surface area contributed by atoms with Gasteiger partial charge < -0.3 is 14.6 Å². The normalized spacial score (nSPS) is 38.0. The molecule has 6 nitrogen and oxygen atoms in total. The third-order valence-electron chi connectivity index (χ3n) is 7.80. The van der Waals surface area contributed by atoms with Crippen molar-refractivity contribution in [3.8, 4) is 11.5 Å².